The molecule has 0 saturated heterocycles. The van der Waals surface area contributed by atoms with Crippen molar-refractivity contribution in [2.45, 2.75) is 6.61 Å². The van der Waals surface area contributed by atoms with E-state index in [1.807, 2.05) is 48.5 Å². The van der Waals surface area contributed by atoms with Crippen LogP contribution in [0.3, 0.4) is 0 Å². The fraction of sp³-hybridized carbons (Fsp3) is 0.0435. The van der Waals surface area contributed by atoms with Gasteiger partial charge in [0.1, 0.15) is 24.0 Å². The largest absolute Gasteiger partial charge is 0.488 e. The fourth-order valence-electron chi connectivity index (χ4n) is 2.52. The number of carbonyl (C=O) groups is 1. The third-order valence-electron chi connectivity index (χ3n) is 3.93. The van der Waals surface area contributed by atoms with E-state index in [2.05, 4.69) is 0 Å². The summed E-state index contributed by atoms with van der Waals surface area (Å²) in [5, 5.41) is 10.1. The van der Waals surface area contributed by atoms with Crippen LogP contribution in [0.25, 0.3) is 6.08 Å². The van der Waals surface area contributed by atoms with Crippen LogP contribution >= 0.6 is 11.6 Å². The van der Waals surface area contributed by atoms with Gasteiger partial charge >= 0.3 is 0 Å². The quantitative estimate of drug-likeness (QED) is 0.316. The van der Waals surface area contributed by atoms with E-state index >= 15 is 0 Å². The lowest BCUT2D eigenvalue weighted by atomic mass is 10.0. The highest BCUT2D eigenvalue weighted by atomic mass is 35.5. The summed E-state index contributed by atoms with van der Waals surface area (Å²) >= 11 is 5.90. The minimum Gasteiger partial charge on any atom is -0.488 e. The summed E-state index contributed by atoms with van der Waals surface area (Å²) < 4.78 is 5.89. The molecular formula is C23H16ClNO2. The molecule has 0 atom stereocenters. The van der Waals surface area contributed by atoms with Crippen LogP contribution in [-0.4, -0.2) is 5.78 Å². The Hall–Kier alpha value is -3.35. The Kier molecular flexibility index (Phi) is 6.04. The van der Waals surface area contributed by atoms with Crippen LogP contribution in [0.2, 0.25) is 5.02 Å². The van der Waals surface area contributed by atoms with E-state index in [-0.39, 0.29) is 11.4 Å². The van der Waals surface area contributed by atoms with Crippen molar-refractivity contribution in [1.29, 1.82) is 5.26 Å². The molecule has 3 aromatic carbocycles. The van der Waals surface area contributed by atoms with Gasteiger partial charge in [0.15, 0.2) is 0 Å². The molecule has 0 heterocycles. The Balaban J connectivity index is 1.83. The zero-order valence-corrected chi connectivity index (χ0v) is 15.2. The molecule has 0 spiro atoms. The van der Waals surface area contributed by atoms with Crippen molar-refractivity contribution in [2.24, 2.45) is 0 Å². The zero-order valence-electron chi connectivity index (χ0n) is 14.4. The monoisotopic (exact) mass is 373 g/mol. The zero-order chi connectivity index (χ0) is 19.1. The number of halogens is 1. The van der Waals surface area contributed by atoms with Crippen LogP contribution in [0, 0.1) is 11.3 Å². The van der Waals surface area contributed by atoms with Crippen molar-refractivity contribution in [2.75, 3.05) is 0 Å². The average molecular weight is 374 g/mol. The summed E-state index contributed by atoms with van der Waals surface area (Å²) in [6, 6.07) is 25.4. The maximum absolute atomic E-state index is 12.6. The number of nitriles is 1. The molecule has 3 nitrogen and oxygen atoms in total. The van der Waals surface area contributed by atoms with E-state index in [1.165, 1.54) is 0 Å². The number of nitrogens with zero attached hydrogens (tertiary/aromatic N) is 1. The van der Waals surface area contributed by atoms with Gasteiger partial charge in [-0.05, 0) is 29.8 Å². The van der Waals surface area contributed by atoms with Crippen molar-refractivity contribution in [3.8, 4) is 11.8 Å². The second-order valence-corrected chi connectivity index (χ2v) is 6.25. The molecule has 0 aliphatic carbocycles. The van der Waals surface area contributed by atoms with E-state index in [0.29, 0.717) is 28.5 Å². The highest BCUT2D eigenvalue weighted by Crippen LogP contribution is 2.23. The van der Waals surface area contributed by atoms with Gasteiger partial charge in [-0.1, -0.05) is 72.3 Å². The van der Waals surface area contributed by atoms with Gasteiger partial charge in [-0.3, -0.25) is 4.79 Å². The summed E-state index contributed by atoms with van der Waals surface area (Å²) in [6.45, 7) is 0.358. The van der Waals surface area contributed by atoms with Gasteiger partial charge in [-0.15, -0.1) is 0 Å². The lowest BCUT2D eigenvalue weighted by molar-refractivity contribution is 0.104. The number of ether oxygens (including phenoxy) is 1. The first-order chi connectivity index (χ1) is 13.2. The second kappa shape index (κ2) is 8.84. The van der Waals surface area contributed by atoms with Gasteiger partial charge in [-0.25, -0.2) is 0 Å². The number of hydrogen-bond acceptors (Lipinski definition) is 3. The highest BCUT2D eigenvalue weighted by molar-refractivity contribution is 6.30. The van der Waals surface area contributed by atoms with E-state index < -0.39 is 0 Å². The summed E-state index contributed by atoms with van der Waals surface area (Å²) in [6.07, 6.45) is 1.56. The van der Waals surface area contributed by atoms with Crippen LogP contribution in [0.4, 0.5) is 0 Å². The van der Waals surface area contributed by atoms with Crippen molar-refractivity contribution in [3.63, 3.8) is 0 Å². The molecule has 132 valence electrons. The first-order valence-corrected chi connectivity index (χ1v) is 8.73. The number of allylic oxidation sites excluding steroid dienone is 1. The Morgan fingerprint density at radius 1 is 0.963 bits per heavy atom. The first kappa shape index (κ1) is 18.4. The molecule has 3 aromatic rings. The van der Waals surface area contributed by atoms with E-state index in [1.54, 1.807) is 42.5 Å². The molecule has 27 heavy (non-hydrogen) atoms. The molecule has 0 N–H and O–H groups in total. The highest BCUT2D eigenvalue weighted by Gasteiger charge is 2.13. The van der Waals surface area contributed by atoms with Gasteiger partial charge < -0.3 is 4.74 Å². The summed E-state index contributed by atoms with van der Waals surface area (Å²) in [4.78, 5) is 12.6. The van der Waals surface area contributed by atoms with E-state index in [4.69, 9.17) is 16.3 Å². The van der Waals surface area contributed by atoms with Crippen molar-refractivity contribution in [1.82, 2.24) is 0 Å². The third kappa shape index (κ3) is 4.84. The van der Waals surface area contributed by atoms with Crippen LogP contribution in [0.15, 0.2) is 84.4 Å². The molecule has 3 rings (SSSR count). The minimum absolute atomic E-state index is 0.0590. The first-order valence-electron chi connectivity index (χ1n) is 8.35. The molecule has 0 aromatic heterocycles. The molecule has 0 fully saturated rings. The third-order valence-corrected chi connectivity index (χ3v) is 4.18. The number of benzene rings is 3. The minimum atomic E-state index is -0.314. The molecule has 0 aliphatic heterocycles. The lowest BCUT2D eigenvalue weighted by Crippen LogP contribution is -2.02. The molecule has 0 unspecified atom stereocenters. The van der Waals surface area contributed by atoms with Gasteiger partial charge in [-0.2, -0.15) is 5.26 Å². The van der Waals surface area contributed by atoms with Crippen LogP contribution < -0.4 is 4.74 Å². The van der Waals surface area contributed by atoms with E-state index in [0.717, 1.165) is 5.56 Å². The maximum Gasteiger partial charge on any atom is 0.203 e. The second-order valence-electron chi connectivity index (χ2n) is 5.82. The van der Waals surface area contributed by atoms with Crippen LogP contribution in [0.1, 0.15) is 21.5 Å². The maximum atomic E-state index is 12.6. The average Bonchev–Trinajstić information content (AvgIpc) is 2.72. The molecule has 0 amide bonds. The standard InChI is InChI=1S/C23H16ClNO2/c24-21-12-10-17(11-13-21)16-27-22-9-5-4-8-19(22)14-20(15-25)23(26)18-6-2-1-3-7-18/h1-14H,16H2/b20-14+. The van der Waals surface area contributed by atoms with Crippen molar-refractivity contribution >= 4 is 23.5 Å². The molecule has 0 aliphatic rings. The van der Waals surface area contributed by atoms with Crippen LogP contribution in [-0.2, 0) is 6.61 Å². The number of hydrogen-bond donors (Lipinski definition) is 0. The summed E-state index contributed by atoms with van der Waals surface area (Å²) in [5.74, 6) is 0.284. The van der Waals surface area contributed by atoms with E-state index in [9.17, 15) is 10.1 Å². The van der Waals surface area contributed by atoms with Crippen molar-refractivity contribution < 1.29 is 9.53 Å². The SMILES string of the molecule is N#C/C(=C\c1ccccc1OCc1ccc(Cl)cc1)C(=O)c1ccccc1. The van der Waals surface area contributed by atoms with Gasteiger partial charge in [0.05, 0.1) is 0 Å². The Morgan fingerprint density at radius 2 is 1.63 bits per heavy atom. The smallest absolute Gasteiger partial charge is 0.203 e. The molecule has 4 heteroatoms. The lowest BCUT2D eigenvalue weighted by Gasteiger charge is -2.10. The Morgan fingerprint density at radius 3 is 2.33 bits per heavy atom. The van der Waals surface area contributed by atoms with Crippen molar-refractivity contribution in [3.05, 3.63) is 106 Å². The summed E-state index contributed by atoms with van der Waals surface area (Å²) in [7, 11) is 0. The number of rotatable bonds is 6. The van der Waals surface area contributed by atoms with Gasteiger partial charge in [0.2, 0.25) is 5.78 Å². The van der Waals surface area contributed by atoms with Gasteiger partial charge in [0, 0.05) is 16.1 Å². The molecule has 0 radical (unpaired) electrons. The predicted molar refractivity (Wildman–Crippen MR) is 107 cm³/mol. The summed E-state index contributed by atoms with van der Waals surface area (Å²) in [5.41, 5.74) is 2.18. The topological polar surface area (TPSA) is 50.1 Å². The number of para-hydroxylation sites is 1. The van der Waals surface area contributed by atoms with Crippen LogP contribution in [0.5, 0.6) is 5.75 Å². The number of Topliss-reactive ketones (excluding diaryl/α,β-unsaturated/α-hetero) is 1. The molecular weight excluding hydrogens is 358 g/mol. The number of carbonyl (C=O) groups excluding carboxylic acids is 1. The molecule has 0 saturated carbocycles. The Bertz CT molecular complexity index is 1000. The fourth-order valence-corrected chi connectivity index (χ4v) is 2.65. The molecule has 0 bridgehead atoms. The van der Waals surface area contributed by atoms with Gasteiger partial charge in [0.25, 0.3) is 0 Å². The normalized spacial score (nSPS) is 10.9. The predicted octanol–water partition coefficient (Wildman–Crippen LogP) is 5.71. The number of ketones is 1. The Labute approximate surface area is 163 Å².